The van der Waals surface area contributed by atoms with Crippen LogP contribution in [0.2, 0.25) is 0 Å². The molecule has 0 aliphatic rings. The molecule has 6 heteroatoms. The fourth-order valence-corrected chi connectivity index (χ4v) is 1.49. The van der Waals surface area contributed by atoms with E-state index in [0.29, 0.717) is 12.2 Å². The van der Waals surface area contributed by atoms with Crippen molar-refractivity contribution >= 4 is 17.6 Å². The molecule has 0 radical (unpaired) electrons. The quantitative estimate of drug-likeness (QED) is 0.648. The second kappa shape index (κ2) is 6.91. The summed E-state index contributed by atoms with van der Waals surface area (Å²) in [5, 5.41) is 8.03. The van der Waals surface area contributed by atoms with E-state index in [9.17, 15) is 9.59 Å². The Hall–Kier alpha value is -2.08. The first kappa shape index (κ1) is 16.0. The summed E-state index contributed by atoms with van der Waals surface area (Å²) in [5.74, 6) is -0.279. The average molecular weight is 278 g/mol. The van der Waals surface area contributed by atoms with Crippen LogP contribution in [-0.4, -0.2) is 30.1 Å². The highest BCUT2D eigenvalue weighted by Crippen LogP contribution is 2.07. The highest BCUT2D eigenvalue weighted by molar-refractivity contribution is 5.95. The van der Waals surface area contributed by atoms with Crippen molar-refractivity contribution in [3.63, 3.8) is 0 Å². The molecule has 0 aliphatic carbocycles. The minimum absolute atomic E-state index is 0.138. The van der Waals surface area contributed by atoms with Crippen molar-refractivity contribution in [3.8, 4) is 0 Å². The second-order valence-electron chi connectivity index (χ2n) is 5.18. The van der Waals surface area contributed by atoms with Crippen LogP contribution in [0.5, 0.6) is 0 Å². The molecule has 0 unspecified atom stereocenters. The topological polar surface area (TPSA) is 96.2 Å². The molecule has 0 aliphatic heterocycles. The summed E-state index contributed by atoms with van der Waals surface area (Å²) < 4.78 is 0. The number of benzene rings is 1. The highest BCUT2D eigenvalue weighted by Gasteiger charge is 2.30. The summed E-state index contributed by atoms with van der Waals surface area (Å²) in [6.45, 7) is 5.42. The molecule has 0 saturated carbocycles. The molecule has 1 aromatic rings. The van der Waals surface area contributed by atoms with E-state index in [0.717, 1.165) is 0 Å². The monoisotopic (exact) mass is 278 g/mol. The predicted octanol–water partition coefficient (Wildman–Crippen LogP) is 1.05. The van der Waals surface area contributed by atoms with Gasteiger partial charge in [0.2, 0.25) is 5.91 Å². The van der Waals surface area contributed by atoms with E-state index in [1.54, 1.807) is 32.9 Å². The van der Waals surface area contributed by atoms with Gasteiger partial charge in [0, 0.05) is 18.3 Å². The van der Waals surface area contributed by atoms with Gasteiger partial charge in [-0.2, -0.15) is 0 Å². The number of para-hydroxylation sites is 1. The van der Waals surface area contributed by atoms with Crippen molar-refractivity contribution in [2.45, 2.75) is 32.4 Å². The van der Waals surface area contributed by atoms with Gasteiger partial charge in [-0.3, -0.25) is 4.79 Å². The Morgan fingerprint density at radius 3 is 2.40 bits per heavy atom. The Morgan fingerprint density at radius 2 is 1.85 bits per heavy atom. The Kier molecular flexibility index (Phi) is 5.52. The van der Waals surface area contributed by atoms with Crippen molar-refractivity contribution in [3.05, 3.63) is 30.3 Å². The zero-order valence-corrected chi connectivity index (χ0v) is 12.1. The number of amides is 3. The molecule has 1 atom stereocenters. The summed E-state index contributed by atoms with van der Waals surface area (Å²) in [4.78, 5) is 23.9. The van der Waals surface area contributed by atoms with Gasteiger partial charge in [-0.05, 0) is 32.9 Å². The van der Waals surface area contributed by atoms with Crippen molar-refractivity contribution in [1.82, 2.24) is 10.6 Å². The summed E-state index contributed by atoms with van der Waals surface area (Å²) in [7, 11) is 0. The third-order valence-corrected chi connectivity index (χ3v) is 2.76. The molecule has 20 heavy (non-hydrogen) atoms. The number of hydrogen-bond acceptors (Lipinski definition) is 3. The van der Waals surface area contributed by atoms with Crippen LogP contribution in [0.3, 0.4) is 0 Å². The highest BCUT2D eigenvalue weighted by atomic mass is 16.2. The maximum absolute atomic E-state index is 12.0. The molecule has 0 bridgehead atoms. The number of carbonyl (C=O) groups is 2. The van der Waals surface area contributed by atoms with Crippen molar-refractivity contribution in [2.75, 3.05) is 11.9 Å². The minimum Gasteiger partial charge on any atom is -0.350 e. The van der Waals surface area contributed by atoms with Gasteiger partial charge in [-0.1, -0.05) is 18.2 Å². The number of carbonyl (C=O) groups excluding carboxylic acids is 2. The fraction of sp³-hybridized carbons (Fsp3) is 0.429. The minimum atomic E-state index is -1.03. The number of urea groups is 1. The largest absolute Gasteiger partial charge is 0.350 e. The number of anilines is 1. The number of nitrogens with two attached hydrogens (primary N) is 1. The van der Waals surface area contributed by atoms with Gasteiger partial charge in [-0.15, -0.1) is 0 Å². The summed E-state index contributed by atoms with van der Waals surface area (Å²) >= 11 is 0. The maximum atomic E-state index is 12.0. The van der Waals surface area contributed by atoms with Gasteiger partial charge in [0.15, 0.2) is 0 Å². The van der Waals surface area contributed by atoms with E-state index < -0.39 is 11.6 Å². The summed E-state index contributed by atoms with van der Waals surface area (Å²) in [5.41, 5.74) is 5.09. The van der Waals surface area contributed by atoms with Crippen LogP contribution in [-0.2, 0) is 4.79 Å². The molecule has 1 rings (SSSR count). The van der Waals surface area contributed by atoms with Crippen LogP contribution in [0, 0.1) is 0 Å². The normalized spacial score (nSPS) is 12.4. The van der Waals surface area contributed by atoms with Crippen LogP contribution in [0.4, 0.5) is 10.5 Å². The van der Waals surface area contributed by atoms with E-state index in [4.69, 9.17) is 5.73 Å². The zero-order valence-electron chi connectivity index (χ0n) is 12.1. The van der Waals surface area contributed by atoms with Gasteiger partial charge in [0.05, 0.1) is 0 Å². The number of hydrogen-bond donors (Lipinski definition) is 4. The first-order valence-electron chi connectivity index (χ1n) is 6.50. The van der Waals surface area contributed by atoms with Crippen molar-refractivity contribution in [2.24, 2.45) is 5.73 Å². The fourth-order valence-electron chi connectivity index (χ4n) is 1.49. The Bertz CT molecular complexity index is 460. The molecule has 0 aromatic heterocycles. The van der Waals surface area contributed by atoms with Crippen molar-refractivity contribution < 1.29 is 9.59 Å². The number of rotatable bonds is 5. The molecule has 0 heterocycles. The molecular weight excluding hydrogens is 256 g/mol. The van der Waals surface area contributed by atoms with Crippen LogP contribution in [0.15, 0.2) is 30.3 Å². The van der Waals surface area contributed by atoms with E-state index in [1.807, 2.05) is 18.2 Å². The molecule has 0 spiro atoms. The van der Waals surface area contributed by atoms with Gasteiger partial charge in [0.1, 0.15) is 5.54 Å². The molecule has 110 valence electrons. The Labute approximate surface area is 119 Å². The van der Waals surface area contributed by atoms with Crippen LogP contribution in [0.1, 0.15) is 20.8 Å². The molecule has 0 fully saturated rings. The SMILES string of the molecule is C[C@@H](CN)NC(=O)C(C)(C)NC(=O)Nc1ccccc1. The smallest absolute Gasteiger partial charge is 0.320 e. The first-order valence-corrected chi connectivity index (χ1v) is 6.50. The standard InChI is InChI=1S/C14H22N4O2/c1-10(9-15)16-12(19)14(2,3)18-13(20)17-11-7-5-4-6-8-11/h4-8,10H,9,15H2,1-3H3,(H,16,19)(H2,17,18,20)/t10-/m0/s1. The predicted molar refractivity (Wildman–Crippen MR) is 79.3 cm³/mol. The van der Waals surface area contributed by atoms with Crippen LogP contribution >= 0.6 is 0 Å². The lowest BCUT2D eigenvalue weighted by molar-refractivity contribution is -0.126. The Morgan fingerprint density at radius 1 is 1.25 bits per heavy atom. The maximum Gasteiger partial charge on any atom is 0.320 e. The van der Waals surface area contributed by atoms with Gasteiger partial charge >= 0.3 is 6.03 Å². The lowest BCUT2D eigenvalue weighted by Gasteiger charge is -2.27. The zero-order chi connectivity index (χ0) is 15.2. The van der Waals surface area contributed by atoms with Crippen LogP contribution < -0.4 is 21.7 Å². The van der Waals surface area contributed by atoms with Gasteiger partial charge < -0.3 is 21.7 Å². The van der Waals surface area contributed by atoms with E-state index >= 15 is 0 Å². The molecule has 5 N–H and O–H groups in total. The van der Waals surface area contributed by atoms with Gasteiger partial charge in [-0.25, -0.2) is 4.79 Å². The molecule has 1 aromatic carbocycles. The average Bonchev–Trinajstić information content (AvgIpc) is 2.38. The lowest BCUT2D eigenvalue weighted by atomic mass is 10.0. The third-order valence-electron chi connectivity index (χ3n) is 2.76. The van der Waals surface area contributed by atoms with E-state index in [1.165, 1.54) is 0 Å². The van der Waals surface area contributed by atoms with Crippen molar-refractivity contribution in [1.29, 1.82) is 0 Å². The molecule has 0 saturated heterocycles. The third kappa shape index (κ3) is 4.89. The van der Waals surface area contributed by atoms with Crippen LogP contribution in [0.25, 0.3) is 0 Å². The molecular formula is C14H22N4O2. The molecule has 3 amide bonds. The first-order chi connectivity index (χ1) is 9.35. The Balaban J connectivity index is 2.57. The van der Waals surface area contributed by atoms with E-state index in [-0.39, 0.29) is 11.9 Å². The lowest BCUT2D eigenvalue weighted by Crippen LogP contribution is -2.57. The summed E-state index contributed by atoms with van der Waals surface area (Å²) in [6.07, 6.45) is 0. The second-order valence-corrected chi connectivity index (χ2v) is 5.18. The summed E-state index contributed by atoms with van der Waals surface area (Å²) in [6, 6.07) is 8.45. The van der Waals surface area contributed by atoms with Gasteiger partial charge in [0.25, 0.3) is 0 Å². The molecule has 6 nitrogen and oxygen atoms in total. The van der Waals surface area contributed by atoms with E-state index in [2.05, 4.69) is 16.0 Å². The number of nitrogens with one attached hydrogen (secondary N) is 3.